The van der Waals surface area contributed by atoms with Gasteiger partial charge in [0.2, 0.25) is 0 Å². The number of hydrogen-bond donors (Lipinski definition) is 2. The number of hydrogen-bond acceptors (Lipinski definition) is 3. The van der Waals surface area contributed by atoms with E-state index in [1.165, 1.54) is 12.4 Å². The number of carboxylic acid groups (broad SMARTS) is 1. The van der Waals surface area contributed by atoms with Crippen LogP contribution in [-0.4, -0.2) is 22.0 Å². The van der Waals surface area contributed by atoms with Crippen molar-refractivity contribution < 1.29 is 14.7 Å². The molecule has 5 heteroatoms. The van der Waals surface area contributed by atoms with Crippen molar-refractivity contribution >= 4 is 11.9 Å². The molecule has 102 valence electrons. The van der Waals surface area contributed by atoms with E-state index in [1.54, 1.807) is 24.3 Å². The molecule has 0 fully saturated rings. The molecule has 2 rings (SSSR count). The molecule has 0 spiro atoms. The lowest BCUT2D eigenvalue weighted by molar-refractivity contribution is -0.137. The average Bonchev–Trinajstić information content (AvgIpc) is 2.48. The topological polar surface area (TPSA) is 79.3 Å². The molecular formula is C15H14N2O3. The predicted molar refractivity (Wildman–Crippen MR) is 73.1 cm³/mol. The second-order valence-corrected chi connectivity index (χ2v) is 4.27. The molecule has 0 aliphatic rings. The zero-order valence-electron chi connectivity index (χ0n) is 10.7. The summed E-state index contributed by atoms with van der Waals surface area (Å²) < 4.78 is 0. The van der Waals surface area contributed by atoms with Gasteiger partial charge in [-0.15, -0.1) is 0 Å². The predicted octanol–water partition coefficient (Wildman–Crippen LogP) is 2.03. The first-order chi connectivity index (χ1) is 9.66. The van der Waals surface area contributed by atoms with Crippen molar-refractivity contribution in [3.05, 3.63) is 66.0 Å². The molecule has 0 unspecified atom stereocenters. The molecule has 2 aromatic rings. The number of benzene rings is 1. The highest BCUT2D eigenvalue weighted by atomic mass is 16.4. The normalized spacial score (nSPS) is 11.6. The Hall–Kier alpha value is -2.69. The van der Waals surface area contributed by atoms with Crippen LogP contribution in [0.25, 0.3) is 0 Å². The Morgan fingerprint density at radius 1 is 1.10 bits per heavy atom. The Morgan fingerprint density at radius 3 is 2.35 bits per heavy atom. The van der Waals surface area contributed by atoms with Crippen LogP contribution in [-0.2, 0) is 4.79 Å². The highest BCUT2D eigenvalue weighted by molar-refractivity contribution is 5.94. The van der Waals surface area contributed by atoms with Gasteiger partial charge in [0.05, 0.1) is 12.5 Å². The van der Waals surface area contributed by atoms with Gasteiger partial charge < -0.3 is 10.4 Å². The number of carbonyl (C=O) groups excluding carboxylic acids is 1. The second-order valence-electron chi connectivity index (χ2n) is 4.27. The summed E-state index contributed by atoms with van der Waals surface area (Å²) >= 11 is 0. The van der Waals surface area contributed by atoms with E-state index in [1.807, 2.05) is 18.2 Å². The van der Waals surface area contributed by atoms with Gasteiger partial charge in [-0.1, -0.05) is 30.3 Å². The van der Waals surface area contributed by atoms with Gasteiger partial charge in [-0.05, 0) is 17.7 Å². The van der Waals surface area contributed by atoms with E-state index >= 15 is 0 Å². The van der Waals surface area contributed by atoms with Crippen LogP contribution in [0.5, 0.6) is 0 Å². The van der Waals surface area contributed by atoms with Gasteiger partial charge in [0.1, 0.15) is 0 Å². The summed E-state index contributed by atoms with van der Waals surface area (Å²) in [6, 6.07) is 11.6. The molecule has 0 aliphatic heterocycles. The fourth-order valence-corrected chi connectivity index (χ4v) is 1.86. The second kappa shape index (κ2) is 6.47. The number of aromatic nitrogens is 1. The quantitative estimate of drug-likeness (QED) is 0.871. The highest BCUT2D eigenvalue weighted by Crippen LogP contribution is 2.17. The van der Waals surface area contributed by atoms with Crippen molar-refractivity contribution in [2.45, 2.75) is 12.5 Å². The molecule has 0 radical (unpaired) electrons. The largest absolute Gasteiger partial charge is 0.481 e. The summed E-state index contributed by atoms with van der Waals surface area (Å²) in [4.78, 5) is 26.9. The lowest BCUT2D eigenvalue weighted by atomic mass is 10.0. The molecule has 1 atom stereocenters. The number of pyridine rings is 1. The molecule has 1 aromatic heterocycles. The monoisotopic (exact) mass is 270 g/mol. The number of amides is 1. The van der Waals surface area contributed by atoms with Gasteiger partial charge in [-0.3, -0.25) is 14.6 Å². The molecule has 1 amide bonds. The van der Waals surface area contributed by atoms with Crippen LogP contribution < -0.4 is 5.32 Å². The molecule has 0 saturated carbocycles. The third-order valence-corrected chi connectivity index (χ3v) is 2.83. The van der Waals surface area contributed by atoms with E-state index in [9.17, 15) is 9.59 Å². The number of nitrogens with one attached hydrogen (secondary N) is 1. The summed E-state index contributed by atoms with van der Waals surface area (Å²) in [6.45, 7) is 0. The SMILES string of the molecule is O=C(O)C[C@@H](NC(=O)c1ccncc1)c1ccccc1. The number of carboxylic acids is 1. The zero-order valence-corrected chi connectivity index (χ0v) is 10.7. The Kier molecular flexibility index (Phi) is 4.44. The standard InChI is InChI=1S/C15H14N2O3/c18-14(19)10-13(11-4-2-1-3-5-11)17-15(20)12-6-8-16-9-7-12/h1-9,13H,10H2,(H,17,20)(H,18,19)/t13-/m1/s1. The molecule has 0 aliphatic carbocycles. The van der Waals surface area contributed by atoms with Gasteiger partial charge in [0.15, 0.2) is 0 Å². The van der Waals surface area contributed by atoms with Crippen LogP contribution in [0.3, 0.4) is 0 Å². The minimum absolute atomic E-state index is 0.166. The van der Waals surface area contributed by atoms with Gasteiger partial charge >= 0.3 is 5.97 Å². The lowest BCUT2D eigenvalue weighted by Gasteiger charge is -2.17. The zero-order chi connectivity index (χ0) is 14.4. The van der Waals surface area contributed by atoms with Crippen LogP contribution in [0, 0.1) is 0 Å². The van der Waals surface area contributed by atoms with Gasteiger partial charge in [0, 0.05) is 18.0 Å². The fourth-order valence-electron chi connectivity index (χ4n) is 1.86. The summed E-state index contributed by atoms with van der Waals surface area (Å²) in [5.74, 6) is -1.28. The minimum Gasteiger partial charge on any atom is -0.481 e. The maximum Gasteiger partial charge on any atom is 0.305 e. The van der Waals surface area contributed by atoms with Crippen molar-refractivity contribution in [3.63, 3.8) is 0 Å². The van der Waals surface area contributed by atoms with Crippen LogP contribution in [0.15, 0.2) is 54.9 Å². The summed E-state index contributed by atoms with van der Waals surface area (Å²) in [5.41, 5.74) is 1.21. The third-order valence-electron chi connectivity index (χ3n) is 2.83. The highest BCUT2D eigenvalue weighted by Gasteiger charge is 2.18. The Labute approximate surface area is 116 Å². The molecule has 0 saturated heterocycles. The lowest BCUT2D eigenvalue weighted by Crippen LogP contribution is -2.30. The van der Waals surface area contributed by atoms with Crippen molar-refractivity contribution in [1.29, 1.82) is 0 Å². The van der Waals surface area contributed by atoms with E-state index in [0.29, 0.717) is 5.56 Å². The Morgan fingerprint density at radius 2 is 1.75 bits per heavy atom. The Bertz CT molecular complexity index is 585. The van der Waals surface area contributed by atoms with Crippen molar-refractivity contribution in [2.24, 2.45) is 0 Å². The molecule has 1 heterocycles. The minimum atomic E-state index is -0.964. The maximum atomic E-state index is 12.1. The van der Waals surface area contributed by atoms with Crippen molar-refractivity contribution in [3.8, 4) is 0 Å². The molecular weight excluding hydrogens is 256 g/mol. The summed E-state index contributed by atoms with van der Waals surface area (Å²) in [7, 11) is 0. The molecule has 2 N–H and O–H groups in total. The van der Waals surface area contributed by atoms with E-state index in [-0.39, 0.29) is 12.3 Å². The third kappa shape index (κ3) is 3.65. The van der Waals surface area contributed by atoms with Gasteiger partial charge in [0.25, 0.3) is 5.91 Å². The van der Waals surface area contributed by atoms with E-state index in [2.05, 4.69) is 10.3 Å². The van der Waals surface area contributed by atoms with Gasteiger partial charge in [-0.2, -0.15) is 0 Å². The van der Waals surface area contributed by atoms with Gasteiger partial charge in [-0.25, -0.2) is 0 Å². The average molecular weight is 270 g/mol. The molecule has 1 aromatic carbocycles. The van der Waals surface area contributed by atoms with Crippen molar-refractivity contribution in [2.75, 3.05) is 0 Å². The smallest absolute Gasteiger partial charge is 0.305 e. The number of rotatable bonds is 5. The fraction of sp³-hybridized carbons (Fsp3) is 0.133. The van der Waals surface area contributed by atoms with E-state index in [0.717, 1.165) is 5.56 Å². The summed E-state index contributed by atoms with van der Waals surface area (Å²) in [6.07, 6.45) is 2.87. The molecule has 0 bridgehead atoms. The van der Waals surface area contributed by atoms with E-state index in [4.69, 9.17) is 5.11 Å². The number of carbonyl (C=O) groups is 2. The number of nitrogens with zero attached hydrogens (tertiary/aromatic N) is 1. The van der Waals surface area contributed by atoms with Crippen LogP contribution in [0.2, 0.25) is 0 Å². The molecule has 5 nitrogen and oxygen atoms in total. The first kappa shape index (κ1) is 13.7. The first-order valence-corrected chi connectivity index (χ1v) is 6.14. The van der Waals surface area contributed by atoms with Crippen LogP contribution >= 0.6 is 0 Å². The maximum absolute atomic E-state index is 12.1. The Balaban J connectivity index is 2.16. The van der Waals surface area contributed by atoms with Crippen LogP contribution in [0.4, 0.5) is 0 Å². The molecule has 20 heavy (non-hydrogen) atoms. The van der Waals surface area contributed by atoms with E-state index < -0.39 is 12.0 Å². The number of aliphatic carboxylic acids is 1. The first-order valence-electron chi connectivity index (χ1n) is 6.14. The summed E-state index contributed by atoms with van der Waals surface area (Å²) in [5, 5.41) is 11.7. The van der Waals surface area contributed by atoms with Crippen molar-refractivity contribution in [1.82, 2.24) is 10.3 Å². The van der Waals surface area contributed by atoms with Crippen LogP contribution in [0.1, 0.15) is 28.4 Å².